The summed E-state index contributed by atoms with van der Waals surface area (Å²) in [4.78, 5) is 14.0. The summed E-state index contributed by atoms with van der Waals surface area (Å²) in [6, 6.07) is 10.9. The summed E-state index contributed by atoms with van der Waals surface area (Å²) in [7, 11) is 0. The molecular formula is C17H22N3O+. The molecule has 110 valence electrons. The number of nitrogens with one attached hydrogen (secondary N) is 1. The van der Waals surface area contributed by atoms with Gasteiger partial charge < -0.3 is 4.90 Å². The van der Waals surface area contributed by atoms with E-state index in [0.29, 0.717) is 18.4 Å². The minimum absolute atomic E-state index is 0.103. The number of carbonyl (C=O) groups is 1. The van der Waals surface area contributed by atoms with E-state index in [0.717, 1.165) is 0 Å². The molecule has 4 heterocycles. The Hall–Kier alpha value is -1.68. The lowest BCUT2D eigenvalue weighted by Crippen LogP contribution is -3.20. The van der Waals surface area contributed by atoms with Crippen molar-refractivity contribution in [1.29, 1.82) is 0 Å². The number of fused-ring (bicyclic) bond motifs is 2. The minimum atomic E-state index is 0.103. The molecule has 1 aromatic rings. The van der Waals surface area contributed by atoms with Gasteiger partial charge in [0.05, 0.1) is 13.1 Å². The highest BCUT2D eigenvalue weighted by Crippen LogP contribution is 2.36. The highest BCUT2D eigenvalue weighted by atomic mass is 16.2. The molecule has 0 radical (unpaired) electrons. The Morgan fingerprint density at radius 1 is 1.29 bits per heavy atom. The van der Waals surface area contributed by atoms with Gasteiger partial charge in [0.1, 0.15) is 11.8 Å². The SMILES string of the molecule is CCC(=O)N1N=C2C3CC[NH+](CC3)[C@@H]2[C@@H]1c1ccccc1. The zero-order valence-corrected chi connectivity index (χ0v) is 12.5. The number of rotatable bonds is 2. The molecule has 0 saturated carbocycles. The number of nitrogens with zero attached hydrogens (tertiary/aromatic N) is 2. The predicted molar refractivity (Wildman–Crippen MR) is 81.0 cm³/mol. The van der Waals surface area contributed by atoms with Gasteiger partial charge in [-0.3, -0.25) is 4.79 Å². The molecule has 0 aliphatic carbocycles. The van der Waals surface area contributed by atoms with Crippen LogP contribution in [0.25, 0.3) is 0 Å². The molecule has 1 aromatic carbocycles. The second-order valence-corrected chi connectivity index (χ2v) is 6.38. The Labute approximate surface area is 125 Å². The van der Waals surface area contributed by atoms with E-state index in [2.05, 4.69) is 24.3 Å². The van der Waals surface area contributed by atoms with Gasteiger partial charge in [0.15, 0.2) is 6.04 Å². The quantitative estimate of drug-likeness (QED) is 0.865. The zero-order valence-electron chi connectivity index (χ0n) is 12.5. The molecule has 3 saturated heterocycles. The van der Waals surface area contributed by atoms with Crippen LogP contribution in [0.15, 0.2) is 35.4 Å². The number of piperidine rings is 3. The van der Waals surface area contributed by atoms with Crippen LogP contribution >= 0.6 is 0 Å². The first-order valence-corrected chi connectivity index (χ1v) is 8.09. The fraction of sp³-hybridized carbons (Fsp3) is 0.529. The minimum Gasteiger partial charge on any atom is -0.326 e. The molecule has 5 rings (SSSR count). The van der Waals surface area contributed by atoms with Gasteiger partial charge in [-0.15, -0.1) is 0 Å². The lowest BCUT2D eigenvalue weighted by atomic mass is 9.78. The maximum absolute atomic E-state index is 12.4. The number of hydrazone groups is 1. The van der Waals surface area contributed by atoms with E-state index in [9.17, 15) is 4.79 Å². The monoisotopic (exact) mass is 284 g/mol. The van der Waals surface area contributed by atoms with Gasteiger partial charge in [0.25, 0.3) is 0 Å². The third kappa shape index (κ3) is 1.93. The molecule has 0 aromatic heterocycles. The molecule has 1 amide bonds. The molecule has 4 nitrogen and oxygen atoms in total. The maximum atomic E-state index is 12.4. The van der Waals surface area contributed by atoms with Crippen LogP contribution < -0.4 is 4.90 Å². The molecule has 21 heavy (non-hydrogen) atoms. The number of carbonyl (C=O) groups excluding carboxylic acids is 1. The van der Waals surface area contributed by atoms with Crippen LogP contribution in [0.4, 0.5) is 0 Å². The van der Waals surface area contributed by atoms with Crippen LogP contribution in [0.3, 0.4) is 0 Å². The first-order valence-electron chi connectivity index (χ1n) is 8.09. The van der Waals surface area contributed by atoms with E-state index in [4.69, 9.17) is 5.10 Å². The first kappa shape index (κ1) is 13.0. The van der Waals surface area contributed by atoms with E-state index in [1.54, 1.807) is 9.91 Å². The second-order valence-electron chi connectivity index (χ2n) is 6.38. The number of amides is 1. The van der Waals surface area contributed by atoms with Crippen LogP contribution in [0.1, 0.15) is 37.8 Å². The van der Waals surface area contributed by atoms with Crippen molar-refractivity contribution in [2.75, 3.05) is 13.1 Å². The van der Waals surface area contributed by atoms with Crippen molar-refractivity contribution in [1.82, 2.24) is 5.01 Å². The largest absolute Gasteiger partial charge is 0.326 e. The molecular weight excluding hydrogens is 262 g/mol. The Bertz CT molecular complexity index is 575. The average molecular weight is 284 g/mol. The van der Waals surface area contributed by atoms with Crippen LogP contribution in [-0.2, 0) is 4.79 Å². The van der Waals surface area contributed by atoms with Crippen molar-refractivity contribution in [3.05, 3.63) is 35.9 Å². The summed E-state index contributed by atoms with van der Waals surface area (Å²) in [5.74, 6) is 0.749. The topological polar surface area (TPSA) is 37.1 Å². The van der Waals surface area contributed by atoms with E-state index in [1.807, 2.05) is 13.0 Å². The number of benzene rings is 1. The number of hydrogen-bond acceptors (Lipinski definition) is 2. The van der Waals surface area contributed by atoms with Gasteiger partial charge in [-0.25, -0.2) is 5.01 Å². The van der Waals surface area contributed by atoms with E-state index < -0.39 is 0 Å². The highest BCUT2D eigenvalue weighted by Gasteiger charge is 2.54. The smallest absolute Gasteiger partial charge is 0.243 e. The fourth-order valence-corrected chi connectivity index (χ4v) is 4.27. The van der Waals surface area contributed by atoms with E-state index in [1.165, 1.54) is 37.2 Å². The van der Waals surface area contributed by atoms with E-state index in [-0.39, 0.29) is 11.9 Å². The van der Waals surface area contributed by atoms with Crippen molar-refractivity contribution in [2.45, 2.75) is 38.3 Å². The molecule has 3 fully saturated rings. The van der Waals surface area contributed by atoms with E-state index >= 15 is 0 Å². The highest BCUT2D eigenvalue weighted by molar-refractivity contribution is 5.96. The summed E-state index contributed by atoms with van der Waals surface area (Å²) >= 11 is 0. The molecule has 0 unspecified atom stereocenters. The predicted octanol–water partition coefficient (Wildman–Crippen LogP) is 1.01. The van der Waals surface area contributed by atoms with Gasteiger partial charge in [0, 0.05) is 25.2 Å². The summed E-state index contributed by atoms with van der Waals surface area (Å²) in [5, 5.41) is 6.59. The molecule has 1 N–H and O–H groups in total. The van der Waals surface area contributed by atoms with Crippen molar-refractivity contribution in [3.8, 4) is 0 Å². The van der Waals surface area contributed by atoms with Gasteiger partial charge in [-0.1, -0.05) is 37.3 Å². The summed E-state index contributed by atoms with van der Waals surface area (Å²) in [5.41, 5.74) is 2.52. The molecule has 0 spiro atoms. The molecule has 4 aliphatic rings. The Morgan fingerprint density at radius 3 is 2.67 bits per heavy atom. The van der Waals surface area contributed by atoms with Crippen LogP contribution in [0.2, 0.25) is 0 Å². The summed E-state index contributed by atoms with van der Waals surface area (Å²) in [6.45, 7) is 4.38. The van der Waals surface area contributed by atoms with Crippen molar-refractivity contribution in [2.24, 2.45) is 11.0 Å². The van der Waals surface area contributed by atoms with Gasteiger partial charge in [-0.05, 0) is 5.56 Å². The Kier molecular flexibility index (Phi) is 3.07. The fourth-order valence-electron chi connectivity index (χ4n) is 4.27. The third-order valence-electron chi connectivity index (χ3n) is 5.31. The van der Waals surface area contributed by atoms with Crippen molar-refractivity contribution in [3.63, 3.8) is 0 Å². The maximum Gasteiger partial charge on any atom is 0.243 e. The van der Waals surface area contributed by atoms with Crippen LogP contribution in [0.5, 0.6) is 0 Å². The first-order chi connectivity index (χ1) is 10.3. The molecule has 2 atom stereocenters. The zero-order chi connectivity index (χ0) is 14.4. The standard InChI is InChI=1S/C17H21N3O/c1-2-14(21)20-16(13-6-4-3-5-7-13)17-15(18-20)12-8-10-19(17)11-9-12/h3-7,12,16-17H,2,8-11H2,1H3/p+1/t16-,17-/m0/s1. The lowest BCUT2D eigenvalue weighted by molar-refractivity contribution is -0.927. The molecule has 4 aliphatic heterocycles. The average Bonchev–Trinajstić information content (AvgIpc) is 2.98. The van der Waals surface area contributed by atoms with Gasteiger partial charge in [0.2, 0.25) is 5.91 Å². The molecule has 2 bridgehead atoms. The summed E-state index contributed by atoms with van der Waals surface area (Å²) < 4.78 is 0. The van der Waals surface area contributed by atoms with Crippen molar-refractivity contribution < 1.29 is 9.69 Å². The van der Waals surface area contributed by atoms with Gasteiger partial charge >= 0.3 is 0 Å². The Morgan fingerprint density at radius 2 is 2.00 bits per heavy atom. The second kappa shape index (κ2) is 4.95. The van der Waals surface area contributed by atoms with Crippen molar-refractivity contribution >= 4 is 11.6 Å². The Balaban J connectivity index is 1.77. The lowest BCUT2D eigenvalue weighted by Gasteiger charge is -2.42. The summed E-state index contributed by atoms with van der Waals surface area (Å²) in [6.07, 6.45) is 2.99. The number of quaternary nitrogens is 1. The normalized spacial score (nSPS) is 33.8. The van der Waals surface area contributed by atoms with Gasteiger partial charge in [-0.2, -0.15) is 5.10 Å². The van der Waals surface area contributed by atoms with Crippen LogP contribution in [0, 0.1) is 5.92 Å². The number of hydrogen-bond donors (Lipinski definition) is 1. The van der Waals surface area contributed by atoms with Crippen LogP contribution in [-0.4, -0.2) is 35.8 Å². The molecule has 4 heteroatoms. The third-order valence-corrected chi connectivity index (χ3v) is 5.31.